The number of ether oxygens (including phenoxy) is 1. The highest BCUT2D eigenvalue weighted by Gasteiger charge is 2.17. The van der Waals surface area contributed by atoms with Crippen LogP contribution in [0.15, 0.2) is 28.7 Å². The number of alkyl carbamates (subject to hydrolysis) is 1. The Morgan fingerprint density at radius 3 is 2.57 bits per heavy atom. The van der Waals surface area contributed by atoms with E-state index in [2.05, 4.69) is 15.5 Å². The maximum atomic E-state index is 12.8. The average Bonchev–Trinajstić information content (AvgIpc) is 2.84. The number of halogens is 1. The Labute approximate surface area is 121 Å². The minimum atomic E-state index is -0.571. The molecule has 0 saturated heterocycles. The molecule has 6 nitrogen and oxygen atoms in total. The molecule has 0 spiro atoms. The van der Waals surface area contributed by atoms with Gasteiger partial charge in [-0.1, -0.05) is 0 Å². The molecule has 1 N–H and O–H groups in total. The van der Waals surface area contributed by atoms with Crippen molar-refractivity contribution in [2.24, 2.45) is 0 Å². The van der Waals surface area contributed by atoms with Crippen LogP contribution in [0.3, 0.4) is 0 Å². The summed E-state index contributed by atoms with van der Waals surface area (Å²) in [6.07, 6.45) is -0.566. The minimum absolute atomic E-state index is 0.0586. The zero-order valence-corrected chi connectivity index (χ0v) is 12.0. The van der Waals surface area contributed by atoms with Crippen molar-refractivity contribution in [1.82, 2.24) is 15.5 Å². The second-order valence-corrected chi connectivity index (χ2v) is 5.36. The molecule has 0 saturated carbocycles. The first kappa shape index (κ1) is 15.0. The van der Waals surface area contributed by atoms with Gasteiger partial charge in [0, 0.05) is 5.56 Å². The number of aromatic nitrogens is 2. The lowest BCUT2D eigenvalue weighted by molar-refractivity contribution is 0.0519. The summed E-state index contributed by atoms with van der Waals surface area (Å²) in [4.78, 5) is 11.5. The molecule has 0 aliphatic carbocycles. The van der Waals surface area contributed by atoms with Gasteiger partial charge in [0.05, 0.1) is 6.54 Å². The zero-order valence-electron chi connectivity index (χ0n) is 12.0. The second kappa shape index (κ2) is 5.90. The minimum Gasteiger partial charge on any atom is -0.444 e. The van der Waals surface area contributed by atoms with Crippen molar-refractivity contribution in [3.8, 4) is 11.5 Å². The number of amides is 1. The predicted molar refractivity (Wildman–Crippen MR) is 72.8 cm³/mol. The molecular formula is C14H16FN3O3. The standard InChI is InChI=1S/C14H16FN3O3/c1-14(2,3)21-13(19)16-8-11-17-18-12(20-11)9-4-6-10(15)7-5-9/h4-7H,8H2,1-3H3,(H,16,19). The van der Waals surface area contributed by atoms with Crippen LogP contribution in [-0.2, 0) is 11.3 Å². The largest absolute Gasteiger partial charge is 0.444 e. The molecule has 0 aliphatic heterocycles. The summed E-state index contributed by atoms with van der Waals surface area (Å²) in [6.45, 7) is 5.37. The van der Waals surface area contributed by atoms with Gasteiger partial charge in [0.25, 0.3) is 0 Å². The van der Waals surface area contributed by atoms with Crippen LogP contribution in [0.5, 0.6) is 0 Å². The monoisotopic (exact) mass is 293 g/mol. The van der Waals surface area contributed by atoms with E-state index in [0.29, 0.717) is 5.56 Å². The number of rotatable bonds is 3. The van der Waals surface area contributed by atoms with Gasteiger partial charge in [0.2, 0.25) is 11.8 Å². The first-order valence-corrected chi connectivity index (χ1v) is 6.39. The Kier molecular flexibility index (Phi) is 4.21. The number of nitrogens with one attached hydrogen (secondary N) is 1. The van der Waals surface area contributed by atoms with Gasteiger partial charge >= 0.3 is 6.09 Å². The molecule has 1 amide bonds. The van der Waals surface area contributed by atoms with E-state index in [0.717, 1.165) is 0 Å². The Morgan fingerprint density at radius 1 is 1.29 bits per heavy atom. The number of nitrogens with zero attached hydrogens (tertiary/aromatic N) is 2. The van der Waals surface area contributed by atoms with Crippen molar-refractivity contribution < 1.29 is 18.3 Å². The van der Waals surface area contributed by atoms with Crippen LogP contribution in [0.25, 0.3) is 11.5 Å². The summed E-state index contributed by atoms with van der Waals surface area (Å²) in [5.74, 6) is 0.154. The van der Waals surface area contributed by atoms with E-state index in [-0.39, 0.29) is 24.1 Å². The lowest BCUT2D eigenvalue weighted by atomic mass is 10.2. The van der Waals surface area contributed by atoms with Crippen LogP contribution in [0.2, 0.25) is 0 Å². The molecule has 0 aliphatic rings. The summed E-state index contributed by atoms with van der Waals surface area (Å²) < 4.78 is 23.3. The van der Waals surface area contributed by atoms with E-state index in [1.807, 2.05) is 0 Å². The summed E-state index contributed by atoms with van der Waals surface area (Å²) >= 11 is 0. The lowest BCUT2D eigenvalue weighted by Crippen LogP contribution is -2.32. The molecule has 0 unspecified atom stereocenters. The molecule has 0 bridgehead atoms. The molecule has 0 fully saturated rings. The molecule has 2 aromatic rings. The maximum absolute atomic E-state index is 12.8. The molecule has 2 rings (SSSR count). The maximum Gasteiger partial charge on any atom is 0.408 e. The van der Waals surface area contributed by atoms with Gasteiger partial charge in [-0.3, -0.25) is 0 Å². The lowest BCUT2D eigenvalue weighted by Gasteiger charge is -2.19. The van der Waals surface area contributed by atoms with E-state index in [4.69, 9.17) is 9.15 Å². The highest BCUT2D eigenvalue weighted by Crippen LogP contribution is 2.18. The molecule has 21 heavy (non-hydrogen) atoms. The normalized spacial score (nSPS) is 11.2. The molecule has 112 valence electrons. The highest BCUT2D eigenvalue weighted by atomic mass is 19.1. The van der Waals surface area contributed by atoms with Gasteiger partial charge in [-0.2, -0.15) is 0 Å². The van der Waals surface area contributed by atoms with Crippen molar-refractivity contribution in [2.75, 3.05) is 0 Å². The van der Waals surface area contributed by atoms with Crippen molar-refractivity contribution >= 4 is 6.09 Å². The average molecular weight is 293 g/mol. The van der Waals surface area contributed by atoms with E-state index in [1.54, 1.807) is 20.8 Å². The number of hydrogen-bond acceptors (Lipinski definition) is 5. The van der Waals surface area contributed by atoms with Crippen LogP contribution < -0.4 is 5.32 Å². The van der Waals surface area contributed by atoms with E-state index < -0.39 is 11.7 Å². The number of carbonyl (C=O) groups is 1. The number of hydrogen-bond donors (Lipinski definition) is 1. The van der Waals surface area contributed by atoms with Crippen molar-refractivity contribution in [3.05, 3.63) is 36.0 Å². The summed E-state index contributed by atoms with van der Waals surface area (Å²) in [7, 11) is 0. The first-order valence-electron chi connectivity index (χ1n) is 6.39. The molecule has 1 aromatic heterocycles. The van der Waals surface area contributed by atoms with E-state index in [1.165, 1.54) is 24.3 Å². The Hall–Kier alpha value is -2.44. The summed E-state index contributed by atoms with van der Waals surface area (Å²) in [6, 6.07) is 5.68. The Balaban J connectivity index is 1.94. The Bertz CT molecular complexity index is 617. The summed E-state index contributed by atoms with van der Waals surface area (Å²) in [5, 5.41) is 10.2. The highest BCUT2D eigenvalue weighted by molar-refractivity contribution is 5.67. The second-order valence-electron chi connectivity index (χ2n) is 5.36. The van der Waals surface area contributed by atoms with Crippen LogP contribution in [0, 0.1) is 5.82 Å². The first-order chi connectivity index (χ1) is 9.83. The number of benzene rings is 1. The zero-order chi connectivity index (χ0) is 15.5. The molecule has 7 heteroatoms. The smallest absolute Gasteiger partial charge is 0.408 e. The molecule has 0 radical (unpaired) electrons. The van der Waals surface area contributed by atoms with Gasteiger partial charge in [-0.25, -0.2) is 9.18 Å². The molecule has 0 atom stereocenters. The fourth-order valence-corrected chi connectivity index (χ4v) is 1.50. The van der Waals surface area contributed by atoms with Gasteiger partial charge in [0.1, 0.15) is 11.4 Å². The van der Waals surface area contributed by atoms with Gasteiger partial charge in [0.15, 0.2) is 0 Å². The van der Waals surface area contributed by atoms with Crippen LogP contribution in [-0.4, -0.2) is 21.9 Å². The third kappa shape index (κ3) is 4.55. The summed E-state index contributed by atoms with van der Waals surface area (Å²) in [5.41, 5.74) is 0.0329. The topological polar surface area (TPSA) is 77.2 Å². The number of carbonyl (C=O) groups excluding carboxylic acids is 1. The third-order valence-corrected chi connectivity index (χ3v) is 2.34. The van der Waals surface area contributed by atoms with Crippen LogP contribution in [0.4, 0.5) is 9.18 Å². The SMILES string of the molecule is CC(C)(C)OC(=O)NCc1nnc(-c2ccc(F)cc2)o1. The molecule has 1 aromatic carbocycles. The van der Waals surface area contributed by atoms with E-state index in [9.17, 15) is 9.18 Å². The molecule has 1 heterocycles. The predicted octanol–water partition coefficient (Wildman–Crippen LogP) is 2.90. The van der Waals surface area contributed by atoms with E-state index >= 15 is 0 Å². The fraction of sp³-hybridized carbons (Fsp3) is 0.357. The van der Waals surface area contributed by atoms with Crippen molar-refractivity contribution in [2.45, 2.75) is 32.9 Å². The Morgan fingerprint density at radius 2 is 1.95 bits per heavy atom. The third-order valence-electron chi connectivity index (χ3n) is 2.34. The van der Waals surface area contributed by atoms with Crippen LogP contribution >= 0.6 is 0 Å². The quantitative estimate of drug-likeness (QED) is 0.941. The van der Waals surface area contributed by atoms with Gasteiger partial charge < -0.3 is 14.5 Å². The molecular weight excluding hydrogens is 277 g/mol. The van der Waals surface area contributed by atoms with Crippen molar-refractivity contribution in [3.63, 3.8) is 0 Å². The fourth-order valence-electron chi connectivity index (χ4n) is 1.50. The van der Waals surface area contributed by atoms with Crippen molar-refractivity contribution in [1.29, 1.82) is 0 Å². The van der Waals surface area contributed by atoms with Gasteiger partial charge in [-0.05, 0) is 45.0 Å². The van der Waals surface area contributed by atoms with Gasteiger partial charge in [-0.15, -0.1) is 10.2 Å². The van der Waals surface area contributed by atoms with Crippen LogP contribution in [0.1, 0.15) is 26.7 Å².